The third-order valence-electron chi connectivity index (χ3n) is 12.2. The Kier molecular flexibility index (Phi) is 8.17. The van der Waals surface area contributed by atoms with Crippen LogP contribution in [0.3, 0.4) is 0 Å². The van der Waals surface area contributed by atoms with Gasteiger partial charge in [0.2, 0.25) is 0 Å². The molecule has 0 fully saturated rings. The number of furan rings is 1. The Morgan fingerprint density at radius 1 is 0.328 bits per heavy atom. The highest BCUT2D eigenvalue weighted by Crippen LogP contribution is 2.43. The summed E-state index contributed by atoms with van der Waals surface area (Å²) in [4.78, 5) is 2.38. The molecule has 0 radical (unpaired) electrons. The van der Waals surface area contributed by atoms with Crippen molar-refractivity contribution in [1.82, 2.24) is 4.57 Å². The molecule has 12 rings (SSSR count). The highest BCUT2D eigenvalue weighted by atomic mass is 16.3. The number of nitrogens with zero attached hydrogens (tertiary/aromatic N) is 2. The molecule has 0 N–H and O–H groups in total. The van der Waals surface area contributed by atoms with Crippen molar-refractivity contribution in [2.24, 2.45) is 0 Å². The van der Waals surface area contributed by atoms with Crippen LogP contribution in [0.2, 0.25) is 0 Å². The summed E-state index contributed by atoms with van der Waals surface area (Å²) in [6.07, 6.45) is 0. The molecule has 0 saturated heterocycles. The number of para-hydroxylation sites is 4. The standard InChI is InChI=1S/C58H38N2O/c1-2-12-43-37-44(26-25-39(43)11-1)42-23-21-40(22-24-42)41-27-30-46(31-28-41)59(47-32-34-48(35-33-47)60-55-18-8-4-14-50(55)51-15-5-9-19-56(51)60)54-17-7-3-13-49(54)45-29-36-53-52-16-6-10-20-57(52)61-58(53)38-45/h1-38H. The van der Waals surface area contributed by atoms with Crippen LogP contribution < -0.4 is 4.90 Å². The summed E-state index contributed by atoms with van der Waals surface area (Å²) in [5.41, 5.74) is 15.5. The zero-order chi connectivity index (χ0) is 40.3. The van der Waals surface area contributed by atoms with Crippen LogP contribution in [0, 0.1) is 0 Å². The van der Waals surface area contributed by atoms with Gasteiger partial charge in [0.05, 0.1) is 16.7 Å². The van der Waals surface area contributed by atoms with Crippen LogP contribution in [0.4, 0.5) is 17.1 Å². The van der Waals surface area contributed by atoms with Crippen molar-refractivity contribution in [2.45, 2.75) is 0 Å². The minimum absolute atomic E-state index is 0.881. The van der Waals surface area contributed by atoms with E-state index in [1.165, 1.54) is 54.8 Å². The first kappa shape index (κ1) is 34.9. The lowest BCUT2D eigenvalue weighted by molar-refractivity contribution is 0.669. The van der Waals surface area contributed by atoms with Gasteiger partial charge in [0.25, 0.3) is 0 Å². The van der Waals surface area contributed by atoms with Gasteiger partial charge in [-0.15, -0.1) is 0 Å². The molecule has 286 valence electrons. The molecule has 0 aliphatic heterocycles. The monoisotopic (exact) mass is 778 g/mol. The second-order valence-electron chi connectivity index (χ2n) is 15.7. The van der Waals surface area contributed by atoms with Crippen molar-refractivity contribution in [1.29, 1.82) is 0 Å². The van der Waals surface area contributed by atoms with Crippen LogP contribution in [-0.2, 0) is 0 Å². The van der Waals surface area contributed by atoms with Crippen molar-refractivity contribution < 1.29 is 4.42 Å². The van der Waals surface area contributed by atoms with E-state index in [1.807, 2.05) is 12.1 Å². The Morgan fingerprint density at radius 2 is 0.836 bits per heavy atom. The van der Waals surface area contributed by atoms with Gasteiger partial charge in [0, 0.05) is 44.2 Å². The third kappa shape index (κ3) is 5.98. The molecule has 0 bridgehead atoms. The van der Waals surface area contributed by atoms with E-state index in [4.69, 9.17) is 4.42 Å². The van der Waals surface area contributed by atoms with Crippen LogP contribution >= 0.6 is 0 Å². The van der Waals surface area contributed by atoms with Crippen molar-refractivity contribution in [3.05, 3.63) is 231 Å². The maximum Gasteiger partial charge on any atom is 0.136 e. The van der Waals surface area contributed by atoms with E-state index in [2.05, 4.69) is 228 Å². The van der Waals surface area contributed by atoms with Crippen LogP contribution in [0.1, 0.15) is 0 Å². The quantitative estimate of drug-likeness (QED) is 0.161. The smallest absolute Gasteiger partial charge is 0.136 e. The Bertz CT molecular complexity index is 3520. The molecule has 0 unspecified atom stereocenters. The van der Waals surface area contributed by atoms with Gasteiger partial charge in [-0.25, -0.2) is 0 Å². The van der Waals surface area contributed by atoms with Gasteiger partial charge in [-0.2, -0.15) is 0 Å². The van der Waals surface area contributed by atoms with Gasteiger partial charge in [0.1, 0.15) is 11.2 Å². The van der Waals surface area contributed by atoms with Crippen molar-refractivity contribution in [3.8, 4) is 39.1 Å². The number of aromatic nitrogens is 1. The number of anilines is 3. The van der Waals surface area contributed by atoms with Gasteiger partial charge >= 0.3 is 0 Å². The van der Waals surface area contributed by atoms with Gasteiger partial charge < -0.3 is 13.9 Å². The molecule has 0 aliphatic carbocycles. The molecule has 0 spiro atoms. The van der Waals surface area contributed by atoms with Gasteiger partial charge in [-0.05, 0) is 117 Å². The lowest BCUT2D eigenvalue weighted by Gasteiger charge is -2.28. The largest absolute Gasteiger partial charge is 0.456 e. The van der Waals surface area contributed by atoms with Crippen molar-refractivity contribution >= 4 is 71.6 Å². The molecule has 61 heavy (non-hydrogen) atoms. The lowest BCUT2D eigenvalue weighted by Crippen LogP contribution is -2.11. The Hall–Kier alpha value is -8.14. The molecule has 12 aromatic rings. The summed E-state index contributed by atoms with van der Waals surface area (Å²) in [5, 5.41) is 7.26. The molecule has 3 heteroatoms. The van der Waals surface area contributed by atoms with Gasteiger partial charge in [-0.3, -0.25) is 0 Å². The van der Waals surface area contributed by atoms with Crippen molar-refractivity contribution in [2.75, 3.05) is 4.90 Å². The van der Waals surface area contributed by atoms with E-state index in [1.54, 1.807) is 0 Å². The molecular weight excluding hydrogens is 741 g/mol. The molecule has 10 aromatic carbocycles. The lowest BCUT2D eigenvalue weighted by atomic mass is 9.98. The minimum Gasteiger partial charge on any atom is -0.456 e. The molecule has 2 aromatic heterocycles. The molecule has 0 atom stereocenters. The molecule has 2 heterocycles. The Morgan fingerprint density at radius 3 is 1.56 bits per heavy atom. The number of hydrogen-bond acceptors (Lipinski definition) is 2. The summed E-state index contributed by atoms with van der Waals surface area (Å²) in [6.45, 7) is 0. The first-order valence-corrected chi connectivity index (χ1v) is 20.8. The Balaban J connectivity index is 0.953. The summed E-state index contributed by atoms with van der Waals surface area (Å²) >= 11 is 0. The van der Waals surface area contributed by atoms with Gasteiger partial charge in [-0.1, -0.05) is 152 Å². The maximum atomic E-state index is 6.38. The Labute approximate surface area is 353 Å². The predicted octanol–water partition coefficient (Wildman–Crippen LogP) is 16.3. The summed E-state index contributed by atoms with van der Waals surface area (Å²) in [5.74, 6) is 0. The SMILES string of the molecule is c1ccc(N(c2ccc(-c3ccc(-c4ccc5ccccc5c4)cc3)cc2)c2ccc(-n3c4ccccc4c4ccccc43)cc2)c(-c2ccc3c(c2)oc2ccccc23)c1. The second kappa shape index (κ2) is 14.3. The van der Waals surface area contributed by atoms with E-state index in [0.717, 1.165) is 55.8 Å². The molecule has 3 nitrogen and oxygen atoms in total. The summed E-state index contributed by atoms with van der Waals surface area (Å²) in [6, 6.07) is 83.0. The fraction of sp³-hybridized carbons (Fsp3) is 0. The number of benzene rings is 10. The summed E-state index contributed by atoms with van der Waals surface area (Å²) < 4.78 is 8.75. The van der Waals surface area contributed by atoms with E-state index < -0.39 is 0 Å². The van der Waals surface area contributed by atoms with E-state index in [-0.39, 0.29) is 0 Å². The fourth-order valence-electron chi connectivity index (χ4n) is 9.21. The molecule has 0 aliphatic rings. The van der Waals surface area contributed by atoms with Crippen molar-refractivity contribution in [3.63, 3.8) is 0 Å². The predicted molar refractivity (Wildman–Crippen MR) is 257 cm³/mol. The second-order valence-corrected chi connectivity index (χ2v) is 15.7. The molecular formula is C58H38N2O. The normalized spacial score (nSPS) is 11.6. The first-order chi connectivity index (χ1) is 30.2. The maximum absolute atomic E-state index is 6.38. The zero-order valence-electron chi connectivity index (χ0n) is 33.2. The third-order valence-corrected chi connectivity index (χ3v) is 12.2. The molecule has 0 saturated carbocycles. The highest BCUT2D eigenvalue weighted by Gasteiger charge is 2.19. The number of rotatable bonds is 7. The van der Waals surface area contributed by atoms with Gasteiger partial charge in [0.15, 0.2) is 0 Å². The fourth-order valence-corrected chi connectivity index (χ4v) is 9.21. The van der Waals surface area contributed by atoms with E-state index >= 15 is 0 Å². The minimum atomic E-state index is 0.881. The average molecular weight is 779 g/mol. The zero-order valence-corrected chi connectivity index (χ0v) is 33.2. The number of hydrogen-bond donors (Lipinski definition) is 0. The molecule has 0 amide bonds. The van der Waals surface area contributed by atoms with Crippen LogP contribution in [0.15, 0.2) is 235 Å². The first-order valence-electron chi connectivity index (χ1n) is 20.8. The topological polar surface area (TPSA) is 21.3 Å². The van der Waals surface area contributed by atoms with Crippen LogP contribution in [0.25, 0.3) is 93.6 Å². The van der Waals surface area contributed by atoms with Crippen LogP contribution in [-0.4, -0.2) is 4.57 Å². The average Bonchev–Trinajstić information content (AvgIpc) is 3.88. The number of fused-ring (bicyclic) bond motifs is 7. The van der Waals surface area contributed by atoms with E-state index in [0.29, 0.717) is 0 Å². The van der Waals surface area contributed by atoms with Crippen LogP contribution in [0.5, 0.6) is 0 Å². The highest BCUT2D eigenvalue weighted by molar-refractivity contribution is 6.09. The van der Waals surface area contributed by atoms with E-state index in [9.17, 15) is 0 Å². The summed E-state index contributed by atoms with van der Waals surface area (Å²) in [7, 11) is 0.